The maximum atomic E-state index is 5.90. The van der Waals surface area contributed by atoms with Crippen molar-refractivity contribution in [3.63, 3.8) is 0 Å². The molecule has 0 bridgehead atoms. The number of guanidine groups is 1. The smallest absolute Gasteiger partial charge is 0.194 e. The SMILES string of the molecule is CCNC(=NCc1ncnn1C)N1CCN(CCOc2ccc(Cl)cc2)CC1.I. The van der Waals surface area contributed by atoms with Gasteiger partial charge in [-0.25, -0.2) is 9.98 Å². The van der Waals surface area contributed by atoms with Crippen LogP contribution in [0.5, 0.6) is 5.75 Å². The first-order valence-corrected chi connectivity index (χ1v) is 10.0. The lowest BCUT2D eigenvalue weighted by atomic mass is 10.3. The first kappa shape index (κ1) is 23.7. The number of aromatic nitrogens is 3. The standard InChI is InChI=1S/C19H28ClN7O.HI/c1-3-21-19(22-14-18-23-15-24-25(18)2)27-10-8-26(9-11-27)12-13-28-17-6-4-16(20)5-7-17;/h4-7,15H,3,8-14H2,1-2H3,(H,21,22);1H. The van der Waals surface area contributed by atoms with Gasteiger partial charge in [-0.15, -0.1) is 24.0 Å². The predicted octanol–water partition coefficient (Wildman–Crippen LogP) is 2.25. The van der Waals surface area contributed by atoms with Gasteiger partial charge in [0.25, 0.3) is 0 Å². The number of nitrogens with zero attached hydrogens (tertiary/aromatic N) is 6. The summed E-state index contributed by atoms with van der Waals surface area (Å²) >= 11 is 5.90. The molecule has 160 valence electrons. The fraction of sp³-hybridized carbons (Fsp3) is 0.526. The van der Waals surface area contributed by atoms with E-state index < -0.39 is 0 Å². The highest BCUT2D eigenvalue weighted by atomic mass is 127. The monoisotopic (exact) mass is 533 g/mol. The van der Waals surface area contributed by atoms with Crippen LogP contribution in [0.15, 0.2) is 35.6 Å². The van der Waals surface area contributed by atoms with Crippen molar-refractivity contribution >= 4 is 41.5 Å². The van der Waals surface area contributed by atoms with Crippen LogP contribution in [0.3, 0.4) is 0 Å². The quantitative estimate of drug-likeness (QED) is 0.335. The zero-order valence-corrected chi connectivity index (χ0v) is 20.0. The van der Waals surface area contributed by atoms with Crippen LogP contribution in [0.2, 0.25) is 5.02 Å². The van der Waals surface area contributed by atoms with Gasteiger partial charge in [-0.2, -0.15) is 5.10 Å². The largest absolute Gasteiger partial charge is 0.492 e. The Bertz CT molecular complexity index is 760. The number of hydrogen-bond acceptors (Lipinski definition) is 5. The molecule has 0 saturated carbocycles. The molecule has 1 N–H and O–H groups in total. The molecule has 0 aliphatic carbocycles. The Kier molecular flexibility index (Phi) is 9.95. The van der Waals surface area contributed by atoms with Gasteiger partial charge in [0.05, 0.1) is 0 Å². The number of halogens is 2. The molecular weight excluding hydrogens is 505 g/mol. The zero-order valence-electron chi connectivity index (χ0n) is 16.9. The third-order valence-corrected chi connectivity index (χ3v) is 4.92. The lowest BCUT2D eigenvalue weighted by molar-refractivity contribution is 0.152. The van der Waals surface area contributed by atoms with Gasteiger partial charge in [-0.05, 0) is 31.2 Å². The first-order valence-electron chi connectivity index (χ1n) is 9.62. The van der Waals surface area contributed by atoms with Gasteiger partial charge in [-0.1, -0.05) is 11.6 Å². The Morgan fingerprint density at radius 3 is 2.55 bits per heavy atom. The number of aliphatic imine (C=N–C) groups is 1. The Morgan fingerprint density at radius 1 is 1.21 bits per heavy atom. The lowest BCUT2D eigenvalue weighted by Gasteiger charge is -2.36. The summed E-state index contributed by atoms with van der Waals surface area (Å²) in [4.78, 5) is 13.7. The third kappa shape index (κ3) is 7.31. The summed E-state index contributed by atoms with van der Waals surface area (Å²) in [6.45, 7) is 8.86. The van der Waals surface area contributed by atoms with Crippen LogP contribution in [0.4, 0.5) is 0 Å². The van der Waals surface area contributed by atoms with Crippen LogP contribution in [-0.2, 0) is 13.6 Å². The van der Waals surface area contributed by atoms with E-state index >= 15 is 0 Å². The minimum Gasteiger partial charge on any atom is -0.492 e. The molecule has 29 heavy (non-hydrogen) atoms. The molecule has 1 aromatic heterocycles. The molecule has 8 nitrogen and oxygen atoms in total. The second-order valence-electron chi connectivity index (χ2n) is 6.60. The topological polar surface area (TPSA) is 70.8 Å². The van der Waals surface area contributed by atoms with Crippen LogP contribution in [-0.4, -0.2) is 76.4 Å². The number of hydrogen-bond donors (Lipinski definition) is 1. The predicted molar refractivity (Wildman–Crippen MR) is 126 cm³/mol. The normalized spacial score (nSPS) is 15.1. The van der Waals surface area contributed by atoms with E-state index in [0.29, 0.717) is 13.2 Å². The van der Waals surface area contributed by atoms with Crippen molar-refractivity contribution in [2.75, 3.05) is 45.9 Å². The molecule has 0 atom stereocenters. The number of piperazine rings is 1. The highest BCUT2D eigenvalue weighted by molar-refractivity contribution is 14.0. The van der Waals surface area contributed by atoms with E-state index in [-0.39, 0.29) is 24.0 Å². The average molecular weight is 534 g/mol. The number of ether oxygens (including phenoxy) is 1. The van der Waals surface area contributed by atoms with Crippen LogP contribution in [0.1, 0.15) is 12.7 Å². The molecule has 0 spiro atoms. The Hall–Kier alpha value is -1.59. The van der Waals surface area contributed by atoms with Crippen LogP contribution in [0, 0.1) is 0 Å². The Morgan fingerprint density at radius 2 is 1.93 bits per heavy atom. The highest BCUT2D eigenvalue weighted by Crippen LogP contribution is 2.15. The molecule has 1 fully saturated rings. The van der Waals surface area contributed by atoms with Crippen molar-refractivity contribution in [2.24, 2.45) is 12.0 Å². The summed E-state index contributed by atoms with van der Waals surface area (Å²) in [5, 5.41) is 8.20. The van der Waals surface area contributed by atoms with Crippen molar-refractivity contribution in [2.45, 2.75) is 13.5 Å². The summed E-state index contributed by atoms with van der Waals surface area (Å²) < 4.78 is 7.56. The van der Waals surface area contributed by atoms with Gasteiger partial charge in [0.15, 0.2) is 5.96 Å². The minimum atomic E-state index is 0. The van der Waals surface area contributed by atoms with Gasteiger partial charge in [0.2, 0.25) is 0 Å². The molecule has 0 amide bonds. The van der Waals surface area contributed by atoms with Gasteiger partial charge in [0.1, 0.15) is 31.1 Å². The van der Waals surface area contributed by atoms with Crippen molar-refractivity contribution in [1.82, 2.24) is 29.9 Å². The molecular formula is C19H29ClIN7O. The molecule has 1 aliphatic rings. The van der Waals surface area contributed by atoms with Crippen LogP contribution >= 0.6 is 35.6 Å². The van der Waals surface area contributed by atoms with E-state index in [1.807, 2.05) is 31.3 Å². The van der Waals surface area contributed by atoms with E-state index in [1.165, 1.54) is 0 Å². The van der Waals surface area contributed by atoms with Crippen LogP contribution < -0.4 is 10.1 Å². The van der Waals surface area contributed by atoms with Gasteiger partial charge in [-0.3, -0.25) is 9.58 Å². The molecule has 3 rings (SSSR count). The Balaban J connectivity index is 0.00000300. The molecule has 2 heterocycles. The first-order chi connectivity index (χ1) is 13.7. The number of nitrogens with one attached hydrogen (secondary N) is 1. The molecule has 10 heteroatoms. The van der Waals surface area contributed by atoms with E-state index in [2.05, 4.69) is 32.1 Å². The molecule has 1 saturated heterocycles. The molecule has 1 aliphatic heterocycles. The number of benzene rings is 1. The molecule has 0 radical (unpaired) electrons. The summed E-state index contributed by atoms with van der Waals surface area (Å²) in [6.07, 6.45) is 1.56. The maximum absolute atomic E-state index is 5.90. The van der Waals surface area contributed by atoms with Gasteiger partial charge >= 0.3 is 0 Å². The minimum absolute atomic E-state index is 0. The lowest BCUT2D eigenvalue weighted by Crippen LogP contribution is -2.53. The average Bonchev–Trinajstić information content (AvgIpc) is 3.12. The molecule has 0 unspecified atom stereocenters. The fourth-order valence-electron chi connectivity index (χ4n) is 3.04. The van der Waals surface area contributed by atoms with E-state index in [0.717, 1.165) is 61.8 Å². The molecule has 2 aromatic rings. The molecule has 1 aromatic carbocycles. The van der Waals surface area contributed by atoms with Gasteiger partial charge < -0.3 is 15.0 Å². The highest BCUT2D eigenvalue weighted by Gasteiger charge is 2.19. The third-order valence-electron chi connectivity index (χ3n) is 4.67. The number of rotatable bonds is 7. The second kappa shape index (κ2) is 12.2. The fourth-order valence-corrected chi connectivity index (χ4v) is 3.17. The van der Waals surface area contributed by atoms with Crippen molar-refractivity contribution < 1.29 is 4.74 Å². The van der Waals surface area contributed by atoms with Crippen molar-refractivity contribution in [3.8, 4) is 5.75 Å². The maximum Gasteiger partial charge on any atom is 0.194 e. The second-order valence-corrected chi connectivity index (χ2v) is 7.04. The summed E-state index contributed by atoms with van der Waals surface area (Å²) in [5.74, 6) is 2.64. The Labute approximate surface area is 194 Å². The van der Waals surface area contributed by atoms with E-state index in [1.54, 1.807) is 11.0 Å². The van der Waals surface area contributed by atoms with E-state index in [4.69, 9.17) is 21.3 Å². The van der Waals surface area contributed by atoms with Gasteiger partial charge in [0, 0.05) is 51.3 Å². The summed E-state index contributed by atoms with van der Waals surface area (Å²) in [6, 6.07) is 7.49. The summed E-state index contributed by atoms with van der Waals surface area (Å²) in [5.41, 5.74) is 0. The van der Waals surface area contributed by atoms with Crippen molar-refractivity contribution in [1.29, 1.82) is 0 Å². The number of aryl methyl sites for hydroxylation is 1. The van der Waals surface area contributed by atoms with E-state index in [9.17, 15) is 0 Å². The van der Waals surface area contributed by atoms with Crippen LogP contribution in [0.25, 0.3) is 0 Å². The van der Waals surface area contributed by atoms with Crippen molar-refractivity contribution in [3.05, 3.63) is 41.4 Å². The summed E-state index contributed by atoms with van der Waals surface area (Å²) in [7, 11) is 1.88. The zero-order chi connectivity index (χ0) is 19.8.